The lowest BCUT2D eigenvalue weighted by molar-refractivity contribution is -0.202. The molecule has 0 aliphatic heterocycles. The number of carboxylic acid groups (broad SMARTS) is 1. The molecule has 5 rings (SSSR count). The fourth-order valence-electron chi connectivity index (χ4n) is 12.7. The summed E-state index contributed by atoms with van der Waals surface area (Å²) >= 11 is 0. The minimum Gasteiger partial charge on any atom is -0.481 e. The van der Waals surface area contributed by atoms with Crippen LogP contribution in [0.5, 0.6) is 0 Å². The van der Waals surface area contributed by atoms with Gasteiger partial charge in [-0.1, -0.05) is 54.0 Å². The van der Waals surface area contributed by atoms with Gasteiger partial charge in [-0.05, 0) is 151 Å². The van der Waals surface area contributed by atoms with Gasteiger partial charge in [-0.3, -0.25) is 19.3 Å². The van der Waals surface area contributed by atoms with Crippen molar-refractivity contribution in [2.45, 2.75) is 184 Å². The molecule has 0 aromatic heterocycles. The number of aliphatic hydroxyl groups is 1. The van der Waals surface area contributed by atoms with Crippen LogP contribution in [0.4, 0.5) is 4.79 Å². The average molecular weight is 827 g/mol. The first-order valence-electron chi connectivity index (χ1n) is 23.2. The van der Waals surface area contributed by atoms with E-state index in [9.17, 15) is 29.4 Å². The van der Waals surface area contributed by atoms with Gasteiger partial charge in [-0.25, -0.2) is 4.79 Å². The number of aliphatic carboxylic acids is 1. The second-order valence-corrected chi connectivity index (χ2v) is 23.1. The number of amides is 1. The van der Waals surface area contributed by atoms with Crippen LogP contribution < -0.4 is 0 Å². The zero-order valence-corrected chi connectivity index (χ0v) is 39.3. The maximum absolute atomic E-state index is 14.2. The minimum atomic E-state index is -1.18. The van der Waals surface area contributed by atoms with E-state index in [1.807, 2.05) is 20.8 Å². The Hall–Kier alpha value is -2.46. The van der Waals surface area contributed by atoms with E-state index >= 15 is 0 Å². The van der Waals surface area contributed by atoms with Crippen molar-refractivity contribution >= 4 is 23.8 Å². The summed E-state index contributed by atoms with van der Waals surface area (Å²) in [4.78, 5) is 56.0. The molecule has 0 spiro atoms. The number of esters is 1. The second-order valence-electron chi connectivity index (χ2n) is 23.1. The van der Waals surface area contributed by atoms with Crippen LogP contribution in [0.3, 0.4) is 0 Å². The Kier molecular flexibility index (Phi) is 14.0. The Morgan fingerprint density at radius 1 is 0.881 bits per heavy atom. The van der Waals surface area contributed by atoms with Crippen molar-refractivity contribution in [1.29, 1.82) is 0 Å². The van der Waals surface area contributed by atoms with Crippen LogP contribution >= 0.6 is 0 Å². The van der Waals surface area contributed by atoms with Gasteiger partial charge in [0.2, 0.25) is 0 Å². The molecular formula is C49H82N2O8. The van der Waals surface area contributed by atoms with Gasteiger partial charge in [0, 0.05) is 50.5 Å². The number of carbonyl (C=O) groups is 4. The van der Waals surface area contributed by atoms with Gasteiger partial charge in [-0.2, -0.15) is 0 Å². The maximum atomic E-state index is 14.2. The van der Waals surface area contributed by atoms with E-state index < -0.39 is 34.5 Å². The number of hydrogen-bond acceptors (Lipinski definition) is 8. The number of hydrogen-bond donors (Lipinski definition) is 2. The summed E-state index contributed by atoms with van der Waals surface area (Å²) in [5, 5.41) is 22.3. The van der Waals surface area contributed by atoms with Crippen LogP contribution in [0, 0.1) is 56.7 Å². The number of allylic oxidation sites excluding steroid dienone is 1. The zero-order chi connectivity index (χ0) is 44.1. The van der Waals surface area contributed by atoms with Gasteiger partial charge in [0.15, 0.2) is 5.78 Å². The fourth-order valence-corrected chi connectivity index (χ4v) is 12.7. The number of nitrogens with zero attached hydrogens (tertiary/aromatic N) is 2. The summed E-state index contributed by atoms with van der Waals surface area (Å²) in [5.74, 6) is 0.618. The molecule has 10 heteroatoms. The van der Waals surface area contributed by atoms with Crippen LogP contribution in [-0.4, -0.2) is 94.9 Å². The van der Waals surface area contributed by atoms with Crippen LogP contribution in [-0.2, 0) is 23.9 Å². The molecule has 0 bridgehead atoms. The Bertz CT molecular complexity index is 1610. The first-order chi connectivity index (χ1) is 27.2. The van der Waals surface area contributed by atoms with Gasteiger partial charge >= 0.3 is 18.0 Å². The Balaban J connectivity index is 1.39. The molecule has 59 heavy (non-hydrogen) atoms. The molecule has 4 saturated carbocycles. The van der Waals surface area contributed by atoms with Gasteiger partial charge in [0.25, 0.3) is 0 Å². The third kappa shape index (κ3) is 9.94. The molecule has 8 unspecified atom stereocenters. The molecule has 336 valence electrons. The van der Waals surface area contributed by atoms with Crippen molar-refractivity contribution in [3.63, 3.8) is 0 Å². The number of carbonyl (C=O) groups excluding carboxylic acids is 3. The quantitative estimate of drug-likeness (QED) is 0.174. The minimum absolute atomic E-state index is 0.0281. The number of likely N-dealkylation sites (N-methyl/N-ethyl adjacent to an activating group) is 1. The highest BCUT2D eigenvalue weighted by Gasteiger charge is 2.62. The van der Waals surface area contributed by atoms with E-state index in [0.29, 0.717) is 49.7 Å². The molecule has 8 atom stereocenters. The van der Waals surface area contributed by atoms with Crippen molar-refractivity contribution in [2.24, 2.45) is 56.7 Å². The first kappa shape index (κ1) is 47.6. The number of fused-ring (bicyclic) bond motifs is 4. The van der Waals surface area contributed by atoms with E-state index in [1.54, 1.807) is 25.8 Å². The highest BCUT2D eigenvalue weighted by molar-refractivity contribution is 6.00. The van der Waals surface area contributed by atoms with Gasteiger partial charge in [-0.15, -0.1) is 0 Å². The third-order valence-corrected chi connectivity index (χ3v) is 16.6. The van der Waals surface area contributed by atoms with Crippen LogP contribution in [0.2, 0.25) is 0 Å². The molecular weight excluding hydrogens is 745 g/mol. The molecule has 0 saturated heterocycles. The summed E-state index contributed by atoms with van der Waals surface area (Å²) < 4.78 is 11.8. The summed E-state index contributed by atoms with van der Waals surface area (Å²) in [6, 6.07) is 0. The van der Waals surface area contributed by atoms with Gasteiger partial charge in [0.1, 0.15) is 11.7 Å². The highest BCUT2D eigenvalue weighted by atomic mass is 16.6. The van der Waals surface area contributed by atoms with Gasteiger partial charge < -0.3 is 24.6 Å². The lowest BCUT2D eigenvalue weighted by Crippen LogP contribution is -2.60. The van der Waals surface area contributed by atoms with E-state index in [1.165, 1.54) is 18.4 Å². The standard InChI is InChI=1S/C49H82N2O8/c1-31(2)41-34-15-14-16-37-47(11,22-20-36-46(9,10)39(21-23-48(36,37)12)58-40(54)28-45(7,8)42(55)56)32(3)19-24-49(34,27-35(41)52)38(53)30-51(29-33-17-18-33)26-25-50(13)43(57)59-44(4,5)6/h31-33,36-39,53H,14-30H2,1-13H3,(H,55,56). The summed E-state index contributed by atoms with van der Waals surface area (Å²) in [7, 11) is 1.78. The zero-order valence-electron chi connectivity index (χ0n) is 39.3. The van der Waals surface area contributed by atoms with Crippen LogP contribution in [0.25, 0.3) is 0 Å². The molecule has 0 heterocycles. The Morgan fingerprint density at radius 3 is 2.12 bits per heavy atom. The van der Waals surface area contributed by atoms with Crippen LogP contribution in [0.1, 0.15) is 167 Å². The molecule has 1 amide bonds. The summed E-state index contributed by atoms with van der Waals surface area (Å²) in [5.41, 5.74) is -0.379. The SMILES string of the molecule is CC(C)C1=C2CCCC3C(C)(CCC4C(C)(C)C(OC(=O)CC(C)(C)C(=O)O)CCC43C)C(C)CCC2(C(O)CN(CCN(C)C(=O)OC(C)(C)C)CC2CC2)CC1=O. The highest BCUT2D eigenvalue weighted by Crippen LogP contribution is 2.68. The topological polar surface area (TPSA) is 134 Å². The van der Waals surface area contributed by atoms with E-state index in [4.69, 9.17) is 9.47 Å². The molecule has 2 N–H and O–H groups in total. The maximum Gasteiger partial charge on any atom is 0.410 e. The Labute approximate surface area is 357 Å². The molecule has 0 aromatic carbocycles. The molecule has 0 radical (unpaired) electrons. The lowest BCUT2D eigenvalue weighted by atomic mass is 9.40. The third-order valence-electron chi connectivity index (χ3n) is 16.6. The van der Waals surface area contributed by atoms with Gasteiger partial charge in [0.05, 0.1) is 17.9 Å². The smallest absolute Gasteiger partial charge is 0.410 e. The Morgan fingerprint density at radius 2 is 1.53 bits per heavy atom. The number of rotatable bonds is 13. The van der Waals surface area contributed by atoms with E-state index in [2.05, 4.69) is 53.4 Å². The molecule has 5 aliphatic rings. The number of carboxylic acids is 1. The summed E-state index contributed by atoms with van der Waals surface area (Å²) in [6.45, 7) is 27.5. The molecule has 4 fully saturated rings. The van der Waals surface area contributed by atoms with Crippen LogP contribution in [0.15, 0.2) is 11.1 Å². The van der Waals surface area contributed by atoms with Crippen molar-refractivity contribution in [3.05, 3.63) is 11.1 Å². The number of Topliss-reactive ketones (excluding diaryl/α,β-unsaturated/α-hetero) is 1. The molecule has 5 aliphatic carbocycles. The normalized spacial score (nSPS) is 33.2. The fraction of sp³-hybridized carbons (Fsp3) is 0.878. The number of ketones is 1. The van der Waals surface area contributed by atoms with Crippen molar-refractivity contribution < 1.29 is 38.9 Å². The lowest BCUT2D eigenvalue weighted by Gasteiger charge is -2.65. The number of ether oxygens (including phenoxy) is 2. The molecule has 0 aromatic rings. The first-order valence-corrected chi connectivity index (χ1v) is 23.2. The number of aliphatic hydroxyl groups excluding tert-OH is 1. The second kappa shape index (κ2) is 17.4. The van der Waals surface area contributed by atoms with Crippen molar-refractivity contribution in [3.8, 4) is 0 Å². The largest absolute Gasteiger partial charge is 0.481 e. The summed E-state index contributed by atoms with van der Waals surface area (Å²) in [6.07, 6.45) is 9.64. The molecule has 10 nitrogen and oxygen atoms in total. The predicted octanol–water partition coefficient (Wildman–Crippen LogP) is 9.71. The van der Waals surface area contributed by atoms with E-state index in [0.717, 1.165) is 69.9 Å². The average Bonchev–Trinajstić information content (AvgIpc) is 3.87. The van der Waals surface area contributed by atoms with Crippen molar-refractivity contribution in [2.75, 3.05) is 33.2 Å². The van der Waals surface area contributed by atoms with E-state index in [-0.39, 0.29) is 46.6 Å². The monoisotopic (exact) mass is 827 g/mol. The predicted molar refractivity (Wildman–Crippen MR) is 232 cm³/mol. The van der Waals surface area contributed by atoms with Crippen molar-refractivity contribution in [1.82, 2.24) is 9.80 Å².